The molecule has 152 valence electrons. The third-order valence-electron chi connectivity index (χ3n) is 4.60. The molecule has 4 rings (SSSR count). The first-order valence-corrected chi connectivity index (χ1v) is 9.86. The molecule has 3 aromatic rings. The van der Waals surface area contributed by atoms with Gasteiger partial charge in [0.25, 0.3) is 0 Å². The van der Waals surface area contributed by atoms with Crippen molar-refractivity contribution < 1.29 is 19.7 Å². The number of benzene rings is 1. The number of anilines is 2. The molecule has 3 atom stereocenters. The summed E-state index contributed by atoms with van der Waals surface area (Å²) in [6, 6.07) is 7.18. The molecule has 1 fully saturated rings. The van der Waals surface area contributed by atoms with Crippen molar-refractivity contribution in [2.75, 3.05) is 16.8 Å². The van der Waals surface area contributed by atoms with Crippen LogP contribution in [0.25, 0.3) is 11.2 Å². The van der Waals surface area contributed by atoms with Crippen LogP contribution in [-0.2, 0) is 9.53 Å². The molecule has 0 spiro atoms. The van der Waals surface area contributed by atoms with Gasteiger partial charge in [-0.15, -0.1) is 11.8 Å². The summed E-state index contributed by atoms with van der Waals surface area (Å²) in [5, 5.41) is 24.0. The van der Waals surface area contributed by atoms with Crippen molar-refractivity contribution in [3.8, 4) is 0 Å². The maximum atomic E-state index is 11.1. The number of aliphatic hydroxyl groups excluding tert-OH is 1. The summed E-state index contributed by atoms with van der Waals surface area (Å²) in [5.41, 5.74) is 7.40. The average Bonchev–Trinajstić information content (AvgIpc) is 3.23. The van der Waals surface area contributed by atoms with E-state index in [-0.39, 0.29) is 23.9 Å². The van der Waals surface area contributed by atoms with E-state index in [2.05, 4.69) is 20.3 Å². The summed E-state index contributed by atoms with van der Waals surface area (Å²) >= 11 is 1.34. The van der Waals surface area contributed by atoms with Gasteiger partial charge in [0, 0.05) is 23.9 Å². The van der Waals surface area contributed by atoms with Crippen molar-refractivity contribution in [1.82, 2.24) is 19.5 Å². The molecular formula is C18H20N6O4S. The molecular weight excluding hydrogens is 396 g/mol. The van der Waals surface area contributed by atoms with Gasteiger partial charge in [-0.05, 0) is 24.3 Å². The Labute approximate surface area is 170 Å². The van der Waals surface area contributed by atoms with Crippen LogP contribution in [0.4, 0.5) is 11.5 Å². The zero-order valence-electron chi connectivity index (χ0n) is 15.5. The van der Waals surface area contributed by atoms with Crippen molar-refractivity contribution in [2.24, 2.45) is 0 Å². The van der Waals surface area contributed by atoms with E-state index in [1.807, 2.05) is 12.1 Å². The highest BCUT2D eigenvalue weighted by Crippen LogP contribution is 2.39. The van der Waals surface area contributed by atoms with Crippen LogP contribution in [0.3, 0.4) is 0 Å². The van der Waals surface area contributed by atoms with Gasteiger partial charge < -0.3 is 26.0 Å². The summed E-state index contributed by atoms with van der Waals surface area (Å²) in [5.74, 6) is -1.51. The summed E-state index contributed by atoms with van der Waals surface area (Å²) in [7, 11) is 0. The number of aliphatic hydroxyl groups is 2. The SMILES string of the molecule is CC(=O)Nc1ccc(SC[C@@]2(O)O[C@@H](n3cnc4c(N)ncnc43)C[C@@H]2O)cc1. The van der Waals surface area contributed by atoms with Crippen LogP contribution < -0.4 is 11.1 Å². The molecule has 0 bridgehead atoms. The zero-order valence-corrected chi connectivity index (χ0v) is 16.3. The maximum Gasteiger partial charge on any atom is 0.221 e. The Morgan fingerprint density at radius 2 is 2.14 bits per heavy atom. The van der Waals surface area contributed by atoms with Gasteiger partial charge in [-0.3, -0.25) is 9.36 Å². The van der Waals surface area contributed by atoms with Crippen LogP contribution >= 0.6 is 11.8 Å². The first-order chi connectivity index (χ1) is 13.9. The molecule has 0 saturated carbocycles. The van der Waals surface area contributed by atoms with E-state index < -0.39 is 18.1 Å². The summed E-state index contributed by atoms with van der Waals surface area (Å²) in [6.07, 6.45) is 1.28. The summed E-state index contributed by atoms with van der Waals surface area (Å²) in [4.78, 5) is 24.2. The number of rotatable bonds is 5. The van der Waals surface area contributed by atoms with Gasteiger partial charge in [0.15, 0.2) is 11.5 Å². The predicted molar refractivity (Wildman–Crippen MR) is 107 cm³/mol. The second-order valence-corrected chi connectivity index (χ2v) is 7.79. The number of amides is 1. The van der Waals surface area contributed by atoms with E-state index >= 15 is 0 Å². The maximum absolute atomic E-state index is 11.1. The van der Waals surface area contributed by atoms with Gasteiger partial charge in [0.1, 0.15) is 24.2 Å². The highest BCUT2D eigenvalue weighted by Gasteiger charge is 2.47. The van der Waals surface area contributed by atoms with Crippen LogP contribution in [0.5, 0.6) is 0 Å². The molecule has 0 radical (unpaired) electrons. The first kappa shape index (κ1) is 19.6. The number of carbonyl (C=O) groups excluding carboxylic acids is 1. The van der Waals surface area contributed by atoms with Gasteiger partial charge in [-0.25, -0.2) is 15.0 Å². The number of imidazole rings is 1. The van der Waals surface area contributed by atoms with Crippen LogP contribution in [-0.4, -0.2) is 53.3 Å². The molecule has 3 heterocycles. The fourth-order valence-electron chi connectivity index (χ4n) is 3.14. The number of nitrogens with zero attached hydrogens (tertiary/aromatic N) is 4. The molecule has 10 nitrogen and oxygen atoms in total. The lowest BCUT2D eigenvalue weighted by molar-refractivity contribution is -0.220. The highest BCUT2D eigenvalue weighted by atomic mass is 32.2. The minimum absolute atomic E-state index is 0.119. The van der Waals surface area contributed by atoms with Crippen molar-refractivity contribution in [2.45, 2.75) is 36.4 Å². The Balaban J connectivity index is 1.45. The molecule has 1 saturated heterocycles. The smallest absolute Gasteiger partial charge is 0.221 e. The zero-order chi connectivity index (χ0) is 20.6. The largest absolute Gasteiger partial charge is 0.387 e. The Kier molecular flexibility index (Phi) is 5.13. The molecule has 0 aliphatic carbocycles. The minimum Gasteiger partial charge on any atom is -0.387 e. The van der Waals surface area contributed by atoms with Crippen molar-refractivity contribution in [3.05, 3.63) is 36.9 Å². The number of nitrogens with two attached hydrogens (primary N) is 1. The number of fused-ring (bicyclic) bond motifs is 1. The molecule has 1 amide bonds. The number of ether oxygens (including phenoxy) is 1. The fourth-order valence-corrected chi connectivity index (χ4v) is 4.11. The number of hydrogen-bond acceptors (Lipinski definition) is 9. The monoisotopic (exact) mass is 416 g/mol. The van der Waals surface area contributed by atoms with Gasteiger partial charge in [-0.1, -0.05) is 0 Å². The Morgan fingerprint density at radius 3 is 2.86 bits per heavy atom. The summed E-state index contributed by atoms with van der Waals surface area (Å²) in [6.45, 7) is 1.44. The summed E-state index contributed by atoms with van der Waals surface area (Å²) < 4.78 is 7.43. The van der Waals surface area contributed by atoms with Gasteiger partial charge in [-0.2, -0.15) is 0 Å². The minimum atomic E-state index is -1.74. The molecule has 5 N–H and O–H groups in total. The van der Waals surface area contributed by atoms with E-state index in [1.54, 1.807) is 16.7 Å². The average molecular weight is 416 g/mol. The molecule has 0 unspecified atom stereocenters. The van der Waals surface area contributed by atoms with Crippen molar-refractivity contribution in [1.29, 1.82) is 0 Å². The number of hydrogen-bond donors (Lipinski definition) is 4. The Hall–Kier alpha value is -2.73. The van der Waals surface area contributed by atoms with Crippen LogP contribution in [0.15, 0.2) is 41.8 Å². The fraction of sp³-hybridized carbons (Fsp3) is 0.333. The van der Waals surface area contributed by atoms with E-state index in [0.717, 1.165) is 4.90 Å². The number of nitrogens with one attached hydrogen (secondary N) is 1. The molecule has 29 heavy (non-hydrogen) atoms. The second kappa shape index (κ2) is 7.59. The number of aromatic nitrogens is 4. The Bertz CT molecular complexity index is 1040. The third kappa shape index (κ3) is 3.90. The molecule has 1 aromatic carbocycles. The van der Waals surface area contributed by atoms with Crippen molar-refractivity contribution >= 4 is 40.3 Å². The molecule has 1 aliphatic heterocycles. The van der Waals surface area contributed by atoms with Crippen LogP contribution in [0.1, 0.15) is 19.6 Å². The number of thioether (sulfide) groups is 1. The van der Waals surface area contributed by atoms with E-state index in [1.165, 1.54) is 31.3 Å². The normalized spacial score (nSPS) is 24.1. The number of carbonyl (C=O) groups is 1. The highest BCUT2D eigenvalue weighted by molar-refractivity contribution is 7.99. The van der Waals surface area contributed by atoms with E-state index in [9.17, 15) is 15.0 Å². The Morgan fingerprint density at radius 1 is 1.38 bits per heavy atom. The van der Waals surface area contributed by atoms with E-state index in [4.69, 9.17) is 10.5 Å². The molecule has 11 heteroatoms. The first-order valence-electron chi connectivity index (χ1n) is 8.87. The predicted octanol–water partition coefficient (Wildman–Crippen LogP) is 1.13. The molecule has 2 aromatic heterocycles. The lowest BCUT2D eigenvalue weighted by Gasteiger charge is -2.25. The number of nitrogen functional groups attached to an aromatic ring is 1. The van der Waals surface area contributed by atoms with Crippen LogP contribution in [0, 0.1) is 0 Å². The van der Waals surface area contributed by atoms with E-state index in [0.29, 0.717) is 16.9 Å². The van der Waals surface area contributed by atoms with Gasteiger partial charge >= 0.3 is 0 Å². The van der Waals surface area contributed by atoms with Crippen LogP contribution in [0.2, 0.25) is 0 Å². The second-order valence-electron chi connectivity index (χ2n) is 6.75. The third-order valence-corrected chi connectivity index (χ3v) is 5.77. The lowest BCUT2D eigenvalue weighted by Crippen LogP contribution is -2.41. The van der Waals surface area contributed by atoms with Crippen molar-refractivity contribution in [3.63, 3.8) is 0 Å². The van der Waals surface area contributed by atoms with Gasteiger partial charge in [0.2, 0.25) is 11.7 Å². The quantitative estimate of drug-likeness (QED) is 0.449. The molecule has 1 aliphatic rings. The van der Waals surface area contributed by atoms with Gasteiger partial charge in [0.05, 0.1) is 12.1 Å². The lowest BCUT2D eigenvalue weighted by atomic mass is 10.1. The topological polar surface area (TPSA) is 148 Å². The standard InChI is InChI=1S/C18H20N6O4S/c1-10(25)23-11-2-4-12(5-3-11)29-7-18(27)13(26)6-14(28-18)24-9-22-15-16(19)20-8-21-17(15)24/h2-5,8-9,13-14,26-27H,6-7H2,1H3,(H,23,25)(H2,19,20,21)/t13-,14+,18+/m0/s1.